The number of carbonyl (C=O) groups is 1. The molecule has 2 aromatic heterocycles. The second-order valence-electron chi connectivity index (χ2n) is 7.95. The molecule has 0 bridgehead atoms. The smallest absolute Gasteiger partial charge is 0.271 e. The zero-order valence-corrected chi connectivity index (χ0v) is 20.4. The van der Waals surface area contributed by atoms with Gasteiger partial charge >= 0.3 is 0 Å². The number of aromatic nitrogens is 1. The lowest BCUT2D eigenvalue weighted by Crippen LogP contribution is -2.49. The fraction of sp³-hybridized carbons (Fsp3) is 0.222. The van der Waals surface area contributed by atoms with Crippen LogP contribution in [0.3, 0.4) is 0 Å². The highest BCUT2D eigenvalue weighted by Crippen LogP contribution is 2.11. The quantitative estimate of drug-likeness (QED) is 0.255. The Morgan fingerprint density at radius 1 is 1.06 bits per heavy atom. The first-order valence-electron chi connectivity index (χ1n) is 11.5. The summed E-state index contributed by atoms with van der Waals surface area (Å²) < 4.78 is 7.10. The van der Waals surface area contributed by atoms with Crippen LogP contribution in [-0.2, 0) is 6.54 Å². The van der Waals surface area contributed by atoms with E-state index in [-0.39, 0.29) is 5.91 Å². The molecule has 0 aliphatic carbocycles. The first kappa shape index (κ1) is 24.4. The Kier molecular flexibility index (Phi) is 8.80. The largest absolute Gasteiger partial charge is 0.465 e. The predicted octanol–water partition coefficient (Wildman–Crippen LogP) is 4.40. The Labute approximate surface area is 209 Å². The molecule has 1 aliphatic heterocycles. The Morgan fingerprint density at radius 3 is 2.63 bits per heavy atom. The van der Waals surface area contributed by atoms with Crippen LogP contribution in [0.15, 0.2) is 93.5 Å². The number of carbonyl (C=O) groups excluding carboxylic acids is 1. The van der Waals surface area contributed by atoms with Crippen LogP contribution in [0.25, 0.3) is 12.2 Å². The number of thiazole rings is 1. The highest BCUT2D eigenvalue weighted by Gasteiger charge is 2.24. The van der Waals surface area contributed by atoms with Crippen LogP contribution in [0.1, 0.15) is 21.8 Å². The number of hydrogen-bond acceptors (Lipinski definition) is 6. The zero-order valence-electron chi connectivity index (χ0n) is 19.6. The van der Waals surface area contributed by atoms with Crippen molar-refractivity contribution in [2.24, 2.45) is 10.2 Å². The molecular formula is C27H29N5O2S. The minimum absolute atomic E-state index is 0.0192. The number of hydrogen-bond donors (Lipinski definition) is 0. The van der Waals surface area contributed by atoms with Gasteiger partial charge in [0.2, 0.25) is 4.80 Å². The monoisotopic (exact) mass is 487 g/mol. The number of nitrogens with zero attached hydrogens (tertiary/aromatic N) is 5. The standard InChI is InChI=1S/C27H29N5O2S/c1-2-15-32-25(22-35-27(32)29-28-14-6-12-24-13-8-21-34-24)26(33)31-19-17-30(18-20-31)16-7-11-23-9-4-3-5-10-23/h2-14,21-22H,1,15-20H2/b11-7+,12-6+,28-14+,29-27-. The third-order valence-electron chi connectivity index (χ3n) is 5.56. The van der Waals surface area contributed by atoms with Gasteiger partial charge in [0.1, 0.15) is 11.5 Å². The molecule has 180 valence electrons. The lowest BCUT2D eigenvalue weighted by atomic mass is 10.2. The van der Waals surface area contributed by atoms with Gasteiger partial charge < -0.3 is 13.9 Å². The van der Waals surface area contributed by atoms with Gasteiger partial charge in [-0.05, 0) is 29.8 Å². The van der Waals surface area contributed by atoms with E-state index in [2.05, 4.69) is 46.0 Å². The van der Waals surface area contributed by atoms with E-state index in [0.29, 0.717) is 30.1 Å². The Bertz CT molecular complexity index is 1240. The summed E-state index contributed by atoms with van der Waals surface area (Å²) in [6, 6.07) is 14.0. The number of piperazine rings is 1. The highest BCUT2D eigenvalue weighted by atomic mass is 32.1. The van der Waals surface area contributed by atoms with Gasteiger partial charge in [0, 0.05) is 50.9 Å². The summed E-state index contributed by atoms with van der Waals surface area (Å²) in [7, 11) is 0. The first-order valence-corrected chi connectivity index (χ1v) is 12.4. The summed E-state index contributed by atoms with van der Waals surface area (Å²) in [6.07, 6.45) is 12.9. The number of benzene rings is 1. The summed E-state index contributed by atoms with van der Waals surface area (Å²) in [4.78, 5) is 18.2. The Morgan fingerprint density at radius 2 is 1.89 bits per heavy atom. The van der Waals surface area contributed by atoms with E-state index in [1.54, 1.807) is 30.7 Å². The maximum absolute atomic E-state index is 13.3. The predicted molar refractivity (Wildman–Crippen MR) is 142 cm³/mol. The van der Waals surface area contributed by atoms with Gasteiger partial charge in [-0.25, -0.2) is 0 Å². The van der Waals surface area contributed by atoms with Crippen molar-refractivity contribution in [3.05, 3.63) is 101 Å². The lowest BCUT2D eigenvalue weighted by molar-refractivity contribution is 0.0639. The third kappa shape index (κ3) is 6.88. The van der Waals surface area contributed by atoms with Crippen LogP contribution < -0.4 is 4.80 Å². The fourth-order valence-electron chi connectivity index (χ4n) is 3.73. The Hall–Kier alpha value is -3.75. The van der Waals surface area contributed by atoms with Crippen LogP contribution in [0, 0.1) is 0 Å². The van der Waals surface area contributed by atoms with Gasteiger partial charge in [-0.2, -0.15) is 5.10 Å². The van der Waals surface area contributed by atoms with E-state index in [1.807, 2.05) is 45.2 Å². The third-order valence-corrected chi connectivity index (χ3v) is 6.42. The summed E-state index contributed by atoms with van der Waals surface area (Å²) in [5, 5.41) is 10.3. The average Bonchev–Trinajstić information content (AvgIpc) is 3.55. The van der Waals surface area contributed by atoms with E-state index >= 15 is 0 Å². The van der Waals surface area contributed by atoms with Crippen molar-refractivity contribution in [2.45, 2.75) is 6.54 Å². The van der Waals surface area contributed by atoms with Crippen molar-refractivity contribution < 1.29 is 9.21 Å². The van der Waals surface area contributed by atoms with Crippen LogP contribution in [0.4, 0.5) is 0 Å². The molecule has 1 fully saturated rings. The molecule has 8 heteroatoms. The van der Waals surface area contributed by atoms with Crippen molar-refractivity contribution in [3.8, 4) is 0 Å². The molecule has 7 nitrogen and oxygen atoms in total. The molecule has 0 unspecified atom stereocenters. The minimum Gasteiger partial charge on any atom is -0.465 e. The number of amides is 1. The molecule has 0 N–H and O–H groups in total. The first-order chi connectivity index (χ1) is 17.2. The number of furan rings is 1. The molecule has 1 amide bonds. The summed E-state index contributed by atoms with van der Waals surface area (Å²) >= 11 is 1.40. The van der Waals surface area contributed by atoms with E-state index in [4.69, 9.17) is 4.42 Å². The molecule has 0 saturated carbocycles. The lowest BCUT2D eigenvalue weighted by Gasteiger charge is -2.34. The molecule has 4 rings (SSSR count). The van der Waals surface area contributed by atoms with E-state index in [1.165, 1.54) is 16.9 Å². The number of allylic oxidation sites excluding steroid dienone is 2. The van der Waals surface area contributed by atoms with E-state index < -0.39 is 0 Å². The van der Waals surface area contributed by atoms with E-state index in [0.717, 1.165) is 25.4 Å². The van der Waals surface area contributed by atoms with Gasteiger partial charge in [-0.1, -0.05) is 48.6 Å². The maximum Gasteiger partial charge on any atom is 0.271 e. The molecule has 1 saturated heterocycles. The summed E-state index contributed by atoms with van der Waals surface area (Å²) in [5.74, 6) is 0.764. The topological polar surface area (TPSA) is 66.3 Å². The molecule has 3 aromatic rings. The van der Waals surface area contributed by atoms with Crippen LogP contribution in [0.5, 0.6) is 0 Å². The van der Waals surface area contributed by atoms with Gasteiger partial charge in [0.05, 0.1) is 6.26 Å². The van der Waals surface area contributed by atoms with E-state index in [9.17, 15) is 4.79 Å². The molecule has 0 atom stereocenters. The fourth-order valence-corrected chi connectivity index (χ4v) is 4.57. The van der Waals surface area contributed by atoms with Gasteiger partial charge in [0.25, 0.3) is 5.91 Å². The van der Waals surface area contributed by atoms with Crippen molar-refractivity contribution >= 4 is 35.6 Å². The second-order valence-corrected chi connectivity index (χ2v) is 8.78. The zero-order chi connectivity index (χ0) is 24.3. The molecule has 1 aromatic carbocycles. The summed E-state index contributed by atoms with van der Waals surface area (Å²) in [6.45, 7) is 8.29. The van der Waals surface area contributed by atoms with Crippen molar-refractivity contribution in [2.75, 3.05) is 32.7 Å². The van der Waals surface area contributed by atoms with Crippen LogP contribution in [0.2, 0.25) is 0 Å². The molecule has 1 aliphatic rings. The highest BCUT2D eigenvalue weighted by molar-refractivity contribution is 7.07. The molecular weight excluding hydrogens is 458 g/mol. The van der Waals surface area contributed by atoms with Crippen LogP contribution in [-0.4, -0.2) is 59.2 Å². The summed E-state index contributed by atoms with van der Waals surface area (Å²) in [5.41, 5.74) is 1.82. The van der Waals surface area contributed by atoms with Crippen molar-refractivity contribution in [1.29, 1.82) is 0 Å². The minimum atomic E-state index is 0.0192. The van der Waals surface area contributed by atoms with Crippen LogP contribution >= 0.6 is 11.3 Å². The van der Waals surface area contributed by atoms with Crippen molar-refractivity contribution in [3.63, 3.8) is 0 Å². The molecule has 0 spiro atoms. The SMILES string of the molecule is C=CCn1c(C(=O)N2CCN(C/C=C/c3ccccc3)CC2)cs\c1=N/N=C/C=C/c1ccco1. The molecule has 3 heterocycles. The average molecular weight is 488 g/mol. The van der Waals surface area contributed by atoms with Gasteiger partial charge in [-0.15, -0.1) is 23.0 Å². The maximum atomic E-state index is 13.3. The van der Waals surface area contributed by atoms with Gasteiger partial charge in [-0.3, -0.25) is 9.69 Å². The number of rotatable bonds is 9. The Balaban J connectivity index is 1.35. The van der Waals surface area contributed by atoms with Crippen molar-refractivity contribution in [1.82, 2.24) is 14.4 Å². The van der Waals surface area contributed by atoms with Gasteiger partial charge in [0.15, 0.2) is 0 Å². The normalized spacial score (nSPS) is 15.7. The second kappa shape index (κ2) is 12.6. The molecule has 0 radical (unpaired) electrons. The molecule has 35 heavy (non-hydrogen) atoms.